The normalized spacial score (nSPS) is 20.0. The topological polar surface area (TPSA) is 134 Å². The molecule has 1 N–H and O–H groups in total. The largest absolute Gasteiger partial charge is 0.450 e. The van der Waals surface area contributed by atoms with Crippen molar-refractivity contribution in [2.75, 3.05) is 19.7 Å². The summed E-state index contributed by atoms with van der Waals surface area (Å²) in [6.07, 6.45) is 3.39. The number of rotatable bonds is 10. The van der Waals surface area contributed by atoms with Crippen LogP contribution in [0.15, 0.2) is 48.7 Å². The van der Waals surface area contributed by atoms with Gasteiger partial charge in [-0.15, -0.1) is 0 Å². The van der Waals surface area contributed by atoms with Gasteiger partial charge in [0.05, 0.1) is 57.8 Å². The van der Waals surface area contributed by atoms with Crippen LogP contribution in [0.3, 0.4) is 0 Å². The molecule has 3 saturated heterocycles. The molecule has 1 saturated carbocycles. The Morgan fingerprint density at radius 2 is 1.81 bits per heavy atom. The molecule has 3 aliphatic heterocycles. The summed E-state index contributed by atoms with van der Waals surface area (Å²) in [4.78, 5) is 41.2. The van der Waals surface area contributed by atoms with Crippen molar-refractivity contribution in [2.45, 2.75) is 122 Å². The molecule has 0 radical (unpaired) electrons. The molecule has 5 aromatic rings. The Morgan fingerprint density at radius 1 is 1.05 bits per heavy atom. The van der Waals surface area contributed by atoms with Crippen molar-refractivity contribution in [2.24, 2.45) is 5.92 Å². The molecule has 2 aromatic carbocycles. The second-order valence-electron chi connectivity index (χ2n) is 20.0. The predicted octanol–water partition coefficient (Wildman–Crippen LogP) is 11.8. The van der Waals surface area contributed by atoms with Crippen LogP contribution in [0.2, 0.25) is 35.7 Å². The fourth-order valence-corrected chi connectivity index (χ4v) is 10.7. The van der Waals surface area contributed by atoms with Crippen molar-refractivity contribution in [3.8, 4) is 28.5 Å². The number of aromatic nitrogens is 3. The van der Waals surface area contributed by atoms with Crippen LogP contribution in [0.4, 0.5) is 14.0 Å². The minimum Gasteiger partial charge on any atom is -0.450 e. The van der Waals surface area contributed by atoms with E-state index in [9.17, 15) is 20.0 Å². The van der Waals surface area contributed by atoms with Crippen LogP contribution in [-0.2, 0) is 21.5 Å². The molecule has 9 rings (SSSR count). The number of carbonyl (C=O) groups is 2. The number of pyridine rings is 2. The number of benzene rings is 2. The molecule has 11 nitrogen and oxygen atoms in total. The Labute approximate surface area is 379 Å². The Hall–Kier alpha value is -4.74. The number of fused-ring (bicyclic) bond motifs is 4. The molecule has 15 heteroatoms. The summed E-state index contributed by atoms with van der Waals surface area (Å²) in [6, 6.07) is 14.8. The number of amides is 2. The fraction of sp³-hybridized carbons (Fsp3) is 0.479. The van der Waals surface area contributed by atoms with Gasteiger partial charge in [-0.2, -0.15) is 5.26 Å². The first-order chi connectivity index (χ1) is 29.7. The van der Waals surface area contributed by atoms with Crippen LogP contribution >= 0.6 is 23.2 Å². The second-order valence-corrected chi connectivity index (χ2v) is 26.4. The lowest BCUT2D eigenvalue weighted by molar-refractivity contribution is 0.0208. The number of nitriles is 1. The minimum atomic E-state index is -1.49. The van der Waals surface area contributed by atoms with E-state index < -0.39 is 31.1 Å². The molecule has 1 aliphatic carbocycles. The lowest BCUT2D eigenvalue weighted by Crippen LogP contribution is -2.45. The zero-order valence-corrected chi connectivity index (χ0v) is 39.7. The highest BCUT2D eigenvalue weighted by molar-refractivity contribution is 6.76. The number of hydrogen-bond donors (Lipinski definition) is 1. The third-order valence-corrected chi connectivity index (χ3v) is 15.1. The number of likely N-dealkylation sites (tertiary alicyclic amines) is 1. The first-order valence-corrected chi connectivity index (χ1v) is 26.3. The highest BCUT2D eigenvalue weighted by Crippen LogP contribution is 2.55. The Kier molecular flexibility index (Phi) is 11.9. The maximum Gasteiger partial charge on any atom is 0.410 e. The predicted molar refractivity (Wildman–Crippen MR) is 247 cm³/mol. The van der Waals surface area contributed by atoms with Crippen LogP contribution in [-0.4, -0.2) is 81.0 Å². The van der Waals surface area contributed by atoms with E-state index in [0.29, 0.717) is 70.5 Å². The summed E-state index contributed by atoms with van der Waals surface area (Å²) in [6.45, 7) is 16.9. The van der Waals surface area contributed by atoms with Crippen molar-refractivity contribution in [1.29, 1.82) is 5.26 Å². The van der Waals surface area contributed by atoms with Crippen molar-refractivity contribution >= 4 is 65.3 Å². The minimum absolute atomic E-state index is 0.0438. The molecule has 2 bridgehead atoms. The number of hydrogen-bond acceptors (Lipinski definition) is 8. The molecule has 6 heterocycles. The molecule has 63 heavy (non-hydrogen) atoms. The average molecular weight is 914 g/mol. The van der Waals surface area contributed by atoms with Crippen molar-refractivity contribution < 1.29 is 28.6 Å². The zero-order valence-electron chi connectivity index (χ0n) is 37.2. The molecule has 0 spiro atoms. The van der Waals surface area contributed by atoms with Gasteiger partial charge < -0.3 is 24.0 Å². The summed E-state index contributed by atoms with van der Waals surface area (Å²) >= 11 is 13.3. The standard InChI is InChI=1S/C48H55Cl2FN6O5Si/c1-47(2,3)62-46(59)56-26-29-23-36(56)43(29)57-35(34-15-11-19-55(34)45(58)61-20-21-63(6,7)8)24-32-41(28-16-17-37(53-25-28)48(4,5)60)54-42-31(44(32)57)22-27(12-10-18-52)38(40(42)51)30-13-9-14-33(49)39(30)50/h9,13-14,16-17,22,24-25,29,34,36,43,60H,10-12,15,19-21,23,26H2,1-8H3/t29-,34-,36-,43+/m1/s1. The summed E-state index contributed by atoms with van der Waals surface area (Å²) in [5.74, 6) is -0.578. The van der Waals surface area contributed by atoms with Crippen LogP contribution in [0.1, 0.15) is 89.3 Å². The Balaban J connectivity index is 1.42. The van der Waals surface area contributed by atoms with E-state index in [-0.39, 0.29) is 64.2 Å². The second kappa shape index (κ2) is 16.7. The third-order valence-electron chi connectivity index (χ3n) is 12.6. The summed E-state index contributed by atoms with van der Waals surface area (Å²) in [7, 11) is -1.49. The fourth-order valence-electron chi connectivity index (χ4n) is 9.55. The molecule has 4 aliphatic rings. The van der Waals surface area contributed by atoms with E-state index >= 15 is 4.39 Å². The number of ether oxygens (including phenoxy) is 2. The van der Waals surface area contributed by atoms with Crippen molar-refractivity contribution in [3.05, 3.63) is 81.5 Å². The van der Waals surface area contributed by atoms with Gasteiger partial charge in [-0.05, 0) is 102 Å². The molecule has 332 valence electrons. The lowest BCUT2D eigenvalue weighted by atomic mass is 9.79. The molecule has 2 amide bonds. The molecule has 4 fully saturated rings. The van der Waals surface area contributed by atoms with Crippen molar-refractivity contribution in [3.63, 3.8) is 0 Å². The van der Waals surface area contributed by atoms with Crippen LogP contribution in [0.5, 0.6) is 0 Å². The van der Waals surface area contributed by atoms with Gasteiger partial charge in [-0.1, -0.05) is 55.0 Å². The van der Waals surface area contributed by atoms with Gasteiger partial charge in [0.2, 0.25) is 0 Å². The molecule has 0 unspecified atom stereocenters. The molecule has 3 aromatic heterocycles. The maximum absolute atomic E-state index is 18.0. The van der Waals surface area contributed by atoms with E-state index in [2.05, 4.69) is 41.3 Å². The van der Waals surface area contributed by atoms with E-state index in [1.165, 1.54) is 0 Å². The smallest absolute Gasteiger partial charge is 0.410 e. The number of aryl methyl sites for hydroxylation is 1. The first kappa shape index (κ1) is 44.8. The molecule has 4 atom stereocenters. The van der Waals surface area contributed by atoms with Crippen LogP contribution in [0.25, 0.3) is 44.2 Å². The summed E-state index contributed by atoms with van der Waals surface area (Å²) in [5.41, 5.74) is 2.36. The highest BCUT2D eigenvalue weighted by atomic mass is 35.5. The number of carbonyl (C=O) groups excluding carboxylic acids is 2. The van der Waals surface area contributed by atoms with Gasteiger partial charge in [0.1, 0.15) is 16.7 Å². The van der Waals surface area contributed by atoms with Crippen molar-refractivity contribution in [1.82, 2.24) is 24.3 Å². The highest BCUT2D eigenvalue weighted by Gasteiger charge is 2.57. The Bertz CT molecular complexity index is 2660. The quantitative estimate of drug-likeness (QED) is 0.137. The summed E-state index contributed by atoms with van der Waals surface area (Å²) < 4.78 is 32.1. The SMILES string of the molecule is CC(C)(C)OC(=O)N1C[C@H]2C[C@@H]1[C@H]2n1c([C@H]2CCCN2C(=O)OCC[Si](C)(C)C)cc2c(-c3ccc(C(C)(C)O)nc3)nc3c(F)c(-c4cccc(Cl)c4Cl)c(CCC#N)cc3c21. The molecular formula is C48H55Cl2FN6O5Si. The lowest BCUT2D eigenvalue weighted by Gasteiger charge is -2.40. The Morgan fingerprint density at radius 3 is 2.48 bits per heavy atom. The van der Waals surface area contributed by atoms with E-state index in [1.54, 1.807) is 44.3 Å². The maximum atomic E-state index is 18.0. The van der Waals surface area contributed by atoms with Crippen LogP contribution < -0.4 is 0 Å². The van der Waals surface area contributed by atoms with E-state index in [0.717, 1.165) is 24.6 Å². The van der Waals surface area contributed by atoms with E-state index in [1.807, 2.05) is 42.7 Å². The summed E-state index contributed by atoms with van der Waals surface area (Å²) in [5, 5.41) is 22.3. The third kappa shape index (κ3) is 8.52. The van der Waals surface area contributed by atoms with Gasteiger partial charge in [-0.25, -0.2) is 19.0 Å². The molecular weight excluding hydrogens is 859 g/mol. The van der Waals surface area contributed by atoms with E-state index in [4.69, 9.17) is 37.7 Å². The number of aliphatic hydroxyl groups is 1. The monoisotopic (exact) mass is 912 g/mol. The van der Waals surface area contributed by atoms with Gasteiger partial charge >= 0.3 is 12.2 Å². The average Bonchev–Trinajstić information content (AvgIpc) is 4.00. The van der Waals surface area contributed by atoms with Gasteiger partial charge in [0.15, 0.2) is 5.82 Å². The van der Waals surface area contributed by atoms with Gasteiger partial charge in [0, 0.05) is 72.9 Å². The van der Waals surface area contributed by atoms with Gasteiger partial charge in [-0.3, -0.25) is 9.88 Å². The number of nitrogens with zero attached hydrogens (tertiary/aromatic N) is 6. The number of halogens is 3. The van der Waals surface area contributed by atoms with Gasteiger partial charge in [0.25, 0.3) is 0 Å². The van der Waals surface area contributed by atoms with Crippen LogP contribution in [0, 0.1) is 23.1 Å². The first-order valence-electron chi connectivity index (χ1n) is 21.8. The zero-order chi connectivity index (χ0) is 45.3.